The predicted molar refractivity (Wildman–Crippen MR) is 150 cm³/mol. The molecule has 3 amide bonds. The molecule has 9 N–H and O–H groups in total. The molecule has 214 valence electrons. The molecule has 1 aromatic carbocycles. The summed E-state index contributed by atoms with van der Waals surface area (Å²) in [7, 11) is 0. The highest BCUT2D eigenvalue weighted by Gasteiger charge is 2.31. The summed E-state index contributed by atoms with van der Waals surface area (Å²) < 4.78 is 0. The molecule has 1 heterocycles. The van der Waals surface area contributed by atoms with Crippen LogP contribution in [0.5, 0.6) is 0 Å². The summed E-state index contributed by atoms with van der Waals surface area (Å²) >= 11 is 1.46. The number of thioether (sulfide) groups is 1. The van der Waals surface area contributed by atoms with Crippen LogP contribution < -0.4 is 27.4 Å². The molecule has 0 aliphatic carbocycles. The van der Waals surface area contributed by atoms with Gasteiger partial charge in [0, 0.05) is 24.7 Å². The Morgan fingerprint density at radius 2 is 1.59 bits per heavy atom. The van der Waals surface area contributed by atoms with Crippen LogP contribution in [0.2, 0.25) is 0 Å². The highest BCUT2D eigenvalue weighted by molar-refractivity contribution is 7.98. The van der Waals surface area contributed by atoms with Crippen LogP contribution in [-0.2, 0) is 32.0 Å². The van der Waals surface area contributed by atoms with Crippen molar-refractivity contribution in [2.45, 2.75) is 62.7 Å². The number of amides is 3. The Hall–Kier alpha value is -3.42. The Labute approximate surface area is 232 Å². The second-order valence-electron chi connectivity index (χ2n) is 9.16. The van der Waals surface area contributed by atoms with Gasteiger partial charge >= 0.3 is 5.97 Å². The third kappa shape index (κ3) is 11.5. The van der Waals surface area contributed by atoms with Crippen LogP contribution >= 0.6 is 11.8 Å². The van der Waals surface area contributed by atoms with Crippen LogP contribution in [0.15, 0.2) is 42.9 Å². The number of carbonyl (C=O) groups excluding carboxylic acids is 3. The number of nitrogens with zero attached hydrogens (tertiary/aromatic N) is 1. The van der Waals surface area contributed by atoms with Crippen LogP contribution in [0.25, 0.3) is 0 Å². The van der Waals surface area contributed by atoms with E-state index in [1.54, 1.807) is 0 Å². The minimum absolute atomic E-state index is 0.0387. The van der Waals surface area contributed by atoms with E-state index in [0.29, 0.717) is 30.8 Å². The van der Waals surface area contributed by atoms with Gasteiger partial charge in [0.25, 0.3) is 0 Å². The zero-order chi connectivity index (χ0) is 28.6. The highest BCUT2D eigenvalue weighted by atomic mass is 32.2. The summed E-state index contributed by atoms with van der Waals surface area (Å²) in [5.74, 6) is -2.37. The van der Waals surface area contributed by atoms with Crippen molar-refractivity contribution < 1.29 is 24.3 Å². The van der Waals surface area contributed by atoms with Crippen molar-refractivity contribution >= 4 is 35.5 Å². The zero-order valence-electron chi connectivity index (χ0n) is 22.1. The number of aromatic amines is 1. The van der Waals surface area contributed by atoms with Gasteiger partial charge in [-0.2, -0.15) is 11.8 Å². The summed E-state index contributed by atoms with van der Waals surface area (Å²) in [6.07, 6.45) is 7.04. The Morgan fingerprint density at radius 3 is 2.18 bits per heavy atom. The van der Waals surface area contributed by atoms with Gasteiger partial charge in [-0.15, -0.1) is 0 Å². The summed E-state index contributed by atoms with van der Waals surface area (Å²) in [5, 5.41) is 17.5. The molecule has 0 aliphatic heterocycles. The Kier molecular flexibility index (Phi) is 14.0. The normalized spacial score (nSPS) is 14.0. The smallest absolute Gasteiger partial charge is 0.326 e. The van der Waals surface area contributed by atoms with Crippen molar-refractivity contribution in [1.29, 1.82) is 0 Å². The summed E-state index contributed by atoms with van der Waals surface area (Å²) in [6, 6.07) is 5.05. The van der Waals surface area contributed by atoms with Gasteiger partial charge in [0.05, 0.1) is 12.4 Å². The third-order valence-corrected chi connectivity index (χ3v) is 6.70. The second-order valence-corrected chi connectivity index (χ2v) is 10.2. The van der Waals surface area contributed by atoms with Crippen molar-refractivity contribution in [1.82, 2.24) is 25.9 Å². The van der Waals surface area contributed by atoms with Crippen molar-refractivity contribution in [3.63, 3.8) is 0 Å². The van der Waals surface area contributed by atoms with E-state index >= 15 is 0 Å². The molecule has 0 spiro atoms. The van der Waals surface area contributed by atoms with Crippen LogP contribution in [-0.4, -0.2) is 81.5 Å². The number of aliphatic carboxylic acids is 1. The van der Waals surface area contributed by atoms with E-state index in [1.165, 1.54) is 24.3 Å². The number of nitrogens with two attached hydrogens (primary N) is 2. The van der Waals surface area contributed by atoms with Crippen molar-refractivity contribution in [3.05, 3.63) is 54.1 Å². The summed E-state index contributed by atoms with van der Waals surface area (Å²) in [4.78, 5) is 58.1. The number of rotatable bonds is 18. The number of carboxylic acid groups (broad SMARTS) is 1. The van der Waals surface area contributed by atoms with Gasteiger partial charge in [-0.3, -0.25) is 14.4 Å². The molecule has 2 rings (SSSR count). The number of aromatic nitrogens is 2. The van der Waals surface area contributed by atoms with Gasteiger partial charge in [-0.25, -0.2) is 9.78 Å². The number of unbranched alkanes of at least 4 members (excludes halogenated alkanes) is 1. The van der Waals surface area contributed by atoms with Gasteiger partial charge < -0.3 is 37.5 Å². The molecule has 13 heteroatoms. The Bertz CT molecular complexity index is 1040. The second kappa shape index (κ2) is 17.2. The zero-order valence-corrected chi connectivity index (χ0v) is 22.9. The number of H-pyrrole nitrogens is 1. The monoisotopic (exact) mass is 561 g/mol. The molecule has 0 radical (unpaired) electrons. The number of nitrogens with one attached hydrogen (secondary N) is 4. The minimum atomic E-state index is -1.16. The average molecular weight is 562 g/mol. The third-order valence-electron chi connectivity index (χ3n) is 6.06. The molecular weight excluding hydrogens is 522 g/mol. The Balaban J connectivity index is 2.22. The number of hydrogen-bond donors (Lipinski definition) is 7. The lowest BCUT2D eigenvalue weighted by molar-refractivity contribution is -0.142. The molecule has 39 heavy (non-hydrogen) atoms. The van der Waals surface area contributed by atoms with Crippen LogP contribution in [0.3, 0.4) is 0 Å². The average Bonchev–Trinajstić information content (AvgIpc) is 3.43. The van der Waals surface area contributed by atoms with E-state index in [4.69, 9.17) is 11.5 Å². The SMILES string of the molecule is CSCCC(NC(=O)C(Cc1cnc[nH]1)NC(=O)C(Cc1ccccc1)NC(=O)C(N)CCCCN)C(=O)O. The minimum Gasteiger partial charge on any atom is -0.480 e. The van der Waals surface area contributed by atoms with E-state index in [9.17, 15) is 24.3 Å². The van der Waals surface area contributed by atoms with Gasteiger partial charge in [0.2, 0.25) is 17.7 Å². The molecule has 4 unspecified atom stereocenters. The fourth-order valence-corrected chi connectivity index (χ4v) is 4.31. The number of hydrogen-bond acceptors (Lipinski definition) is 8. The maximum Gasteiger partial charge on any atom is 0.326 e. The fraction of sp³-hybridized carbons (Fsp3) is 0.500. The Morgan fingerprint density at radius 1 is 0.949 bits per heavy atom. The lowest BCUT2D eigenvalue weighted by Gasteiger charge is -2.25. The maximum absolute atomic E-state index is 13.5. The summed E-state index contributed by atoms with van der Waals surface area (Å²) in [6.45, 7) is 0.493. The van der Waals surface area contributed by atoms with Gasteiger partial charge in [0.1, 0.15) is 18.1 Å². The van der Waals surface area contributed by atoms with E-state index in [0.717, 1.165) is 12.0 Å². The number of imidazole rings is 1. The summed E-state index contributed by atoms with van der Waals surface area (Å²) in [5.41, 5.74) is 12.9. The predicted octanol–water partition coefficient (Wildman–Crippen LogP) is -0.0567. The molecule has 2 aromatic rings. The largest absolute Gasteiger partial charge is 0.480 e. The quantitative estimate of drug-likeness (QED) is 0.122. The van der Waals surface area contributed by atoms with Gasteiger partial charge in [-0.05, 0) is 43.4 Å². The molecule has 0 aliphatic rings. The first-order chi connectivity index (χ1) is 18.7. The lowest BCUT2D eigenvalue weighted by Crippen LogP contribution is -2.58. The molecule has 0 bridgehead atoms. The number of carboxylic acids is 1. The molecule has 0 saturated carbocycles. The van der Waals surface area contributed by atoms with Crippen molar-refractivity contribution in [3.8, 4) is 0 Å². The molecule has 12 nitrogen and oxygen atoms in total. The van der Waals surface area contributed by atoms with Crippen molar-refractivity contribution in [2.24, 2.45) is 11.5 Å². The standard InChI is InChI=1S/C26H39N7O5S/c1-39-12-10-20(26(37)38)31-25(36)22(14-18-15-29-16-30-18)33-24(35)21(13-17-7-3-2-4-8-17)32-23(34)19(28)9-5-6-11-27/h2-4,7-8,15-16,19-22H,5-6,9-14,27-28H2,1H3,(H,29,30)(H,31,36)(H,32,34)(H,33,35)(H,37,38). The molecule has 0 saturated heterocycles. The molecular formula is C26H39N7O5S. The van der Waals surface area contributed by atoms with E-state index < -0.39 is 47.9 Å². The van der Waals surface area contributed by atoms with Crippen LogP contribution in [0, 0.1) is 0 Å². The number of carbonyl (C=O) groups is 4. The highest BCUT2D eigenvalue weighted by Crippen LogP contribution is 2.08. The first kappa shape index (κ1) is 31.8. The van der Waals surface area contributed by atoms with Crippen LogP contribution in [0.1, 0.15) is 36.9 Å². The van der Waals surface area contributed by atoms with Gasteiger partial charge in [-0.1, -0.05) is 36.8 Å². The fourth-order valence-electron chi connectivity index (χ4n) is 3.84. The van der Waals surface area contributed by atoms with E-state index in [-0.39, 0.29) is 19.3 Å². The molecule has 4 atom stereocenters. The lowest BCUT2D eigenvalue weighted by atomic mass is 10.0. The molecule has 0 fully saturated rings. The first-order valence-electron chi connectivity index (χ1n) is 12.8. The first-order valence-corrected chi connectivity index (χ1v) is 14.2. The van der Waals surface area contributed by atoms with Gasteiger partial charge in [0.15, 0.2) is 0 Å². The van der Waals surface area contributed by atoms with E-state index in [2.05, 4.69) is 25.9 Å². The maximum atomic E-state index is 13.5. The van der Waals surface area contributed by atoms with E-state index in [1.807, 2.05) is 36.6 Å². The number of benzene rings is 1. The van der Waals surface area contributed by atoms with Crippen molar-refractivity contribution in [2.75, 3.05) is 18.6 Å². The molecule has 1 aromatic heterocycles. The topological polar surface area (TPSA) is 205 Å². The van der Waals surface area contributed by atoms with Crippen LogP contribution in [0.4, 0.5) is 0 Å².